The van der Waals surface area contributed by atoms with E-state index in [1.54, 1.807) is 0 Å². The first-order valence-electron chi connectivity index (χ1n) is 14.9. The summed E-state index contributed by atoms with van der Waals surface area (Å²) in [5.41, 5.74) is 0.571. The van der Waals surface area contributed by atoms with Crippen molar-refractivity contribution in [3.8, 4) is 0 Å². The van der Waals surface area contributed by atoms with Gasteiger partial charge in [0.05, 0.1) is 11.5 Å². The zero-order valence-electron chi connectivity index (χ0n) is 24.1. The number of aliphatic carboxylic acids is 1. The lowest BCUT2D eigenvalue weighted by Gasteiger charge is -2.72. The van der Waals surface area contributed by atoms with Crippen LogP contribution in [0, 0.1) is 56.7 Å². The smallest absolute Gasteiger partial charge is 0.309 e. The number of hydrogen-bond acceptors (Lipinski definition) is 4. The molecule has 2 N–H and O–H groups in total. The fraction of sp³-hybridized carbons (Fsp3) is 0.875. The minimum atomic E-state index is -0.685. The Labute approximate surface area is 223 Å². The molecule has 5 nitrogen and oxygen atoms in total. The van der Waals surface area contributed by atoms with Gasteiger partial charge in [-0.2, -0.15) is 0 Å². The Morgan fingerprint density at radius 3 is 2.22 bits per heavy atom. The van der Waals surface area contributed by atoms with Gasteiger partial charge < -0.3 is 14.9 Å². The molecule has 10 atom stereocenters. The van der Waals surface area contributed by atoms with Crippen molar-refractivity contribution in [1.29, 1.82) is 0 Å². The lowest BCUT2D eigenvalue weighted by atomic mass is 9.32. The SMILES string of the molecule is C=C(COC(C)=O)[C@@H]1CC[C@]2(C(=O)O)CC[C@]3(C)[C@H](CC[C@@H]4[C@@]5(C)CC[C@H](O)C(C)(C)[C@@H]5CC[C@]43C)[C@@H]12. The molecule has 0 aromatic heterocycles. The molecule has 0 unspecified atom stereocenters. The summed E-state index contributed by atoms with van der Waals surface area (Å²) < 4.78 is 5.35. The lowest BCUT2D eigenvalue weighted by molar-refractivity contribution is -0.248. The van der Waals surface area contributed by atoms with Crippen molar-refractivity contribution in [2.75, 3.05) is 6.61 Å². The fourth-order valence-corrected chi connectivity index (χ4v) is 11.7. The number of carboxylic acid groups (broad SMARTS) is 1. The van der Waals surface area contributed by atoms with E-state index < -0.39 is 11.4 Å². The largest absolute Gasteiger partial charge is 0.481 e. The van der Waals surface area contributed by atoms with E-state index in [1.807, 2.05) is 0 Å². The van der Waals surface area contributed by atoms with Crippen molar-refractivity contribution < 1.29 is 24.5 Å². The zero-order valence-corrected chi connectivity index (χ0v) is 24.1. The van der Waals surface area contributed by atoms with Gasteiger partial charge in [-0.3, -0.25) is 9.59 Å². The summed E-state index contributed by atoms with van der Waals surface area (Å²) in [6.07, 6.45) is 9.52. The van der Waals surface area contributed by atoms with Crippen molar-refractivity contribution in [3.63, 3.8) is 0 Å². The van der Waals surface area contributed by atoms with Gasteiger partial charge in [0.1, 0.15) is 6.61 Å². The van der Waals surface area contributed by atoms with Gasteiger partial charge in [0, 0.05) is 6.92 Å². The predicted octanol–water partition coefficient (Wildman–Crippen LogP) is 6.63. The molecule has 0 bridgehead atoms. The molecule has 0 aliphatic heterocycles. The third-order valence-corrected chi connectivity index (χ3v) is 13.8. The maximum atomic E-state index is 12.9. The summed E-state index contributed by atoms with van der Waals surface area (Å²) in [4.78, 5) is 24.5. The van der Waals surface area contributed by atoms with Crippen molar-refractivity contribution >= 4 is 11.9 Å². The van der Waals surface area contributed by atoms with Gasteiger partial charge in [0.15, 0.2) is 0 Å². The van der Waals surface area contributed by atoms with Gasteiger partial charge in [-0.1, -0.05) is 41.2 Å². The highest BCUT2D eigenvalue weighted by molar-refractivity contribution is 5.76. The van der Waals surface area contributed by atoms with Crippen LogP contribution in [0.15, 0.2) is 12.2 Å². The van der Waals surface area contributed by atoms with Crippen LogP contribution in [0.1, 0.15) is 106 Å². The van der Waals surface area contributed by atoms with E-state index in [2.05, 4.69) is 41.2 Å². The molecule has 5 saturated carbocycles. The number of esters is 1. The number of ether oxygens (including phenoxy) is 1. The Hall–Kier alpha value is -1.36. The quantitative estimate of drug-likeness (QED) is 0.325. The van der Waals surface area contributed by atoms with Gasteiger partial charge in [-0.05, 0) is 121 Å². The number of carbonyl (C=O) groups is 2. The number of carboxylic acids is 1. The second-order valence-corrected chi connectivity index (χ2v) is 15.1. The molecule has 0 aromatic carbocycles. The topological polar surface area (TPSA) is 83.8 Å². The Balaban J connectivity index is 1.52. The molecule has 208 valence electrons. The van der Waals surface area contributed by atoms with Crippen LogP contribution in [-0.4, -0.2) is 34.9 Å². The first-order valence-corrected chi connectivity index (χ1v) is 14.9. The van der Waals surface area contributed by atoms with Crippen LogP contribution in [0.5, 0.6) is 0 Å². The van der Waals surface area contributed by atoms with Crippen LogP contribution in [0.4, 0.5) is 0 Å². The molecule has 5 aliphatic carbocycles. The second kappa shape index (κ2) is 8.57. The van der Waals surface area contributed by atoms with Crippen LogP contribution in [0.25, 0.3) is 0 Å². The Kier molecular flexibility index (Phi) is 6.30. The van der Waals surface area contributed by atoms with Gasteiger partial charge in [0.2, 0.25) is 0 Å². The first kappa shape index (κ1) is 27.2. The second-order valence-electron chi connectivity index (χ2n) is 15.1. The summed E-state index contributed by atoms with van der Waals surface area (Å²) in [5.74, 6) is 0.654. The van der Waals surface area contributed by atoms with Gasteiger partial charge in [-0.15, -0.1) is 0 Å². The molecule has 5 heteroatoms. The van der Waals surface area contributed by atoms with Gasteiger partial charge in [0.25, 0.3) is 0 Å². The van der Waals surface area contributed by atoms with Crippen LogP contribution < -0.4 is 0 Å². The highest BCUT2D eigenvalue weighted by Crippen LogP contribution is 2.77. The van der Waals surface area contributed by atoms with E-state index in [1.165, 1.54) is 6.92 Å². The van der Waals surface area contributed by atoms with E-state index in [0.29, 0.717) is 24.2 Å². The number of carbonyl (C=O) groups excluding carboxylic acids is 1. The molecule has 0 saturated heterocycles. The molecule has 0 aromatic rings. The average molecular weight is 515 g/mol. The number of aliphatic hydroxyl groups excluding tert-OH is 1. The number of hydrogen-bond donors (Lipinski definition) is 2. The maximum Gasteiger partial charge on any atom is 0.309 e. The molecule has 5 fully saturated rings. The van der Waals surface area contributed by atoms with Crippen LogP contribution in [0.3, 0.4) is 0 Å². The fourth-order valence-electron chi connectivity index (χ4n) is 11.7. The summed E-state index contributed by atoms with van der Waals surface area (Å²) in [5, 5.41) is 21.6. The third-order valence-electron chi connectivity index (χ3n) is 13.8. The molecule has 37 heavy (non-hydrogen) atoms. The Morgan fingerprint density at radius 2 is 1.57 bits per heavy atom. The summed E-state index contributed by atoms with van der Waals surface area (Å²) in [6, 6.07) is 0. The number of aliphatic hydroxyl groups is 1. The first-order chi connectivity index (χ1) is 17.1. The molecule has 0 amide bonds. The minimum Gasteiger partial charge on any atom is -0.481 e. The van der Waals surface area contributed by atoms with Crippen LogP contribution in [0.2, 0.25) is 0 Å². The highest BCUT2D eigenvalue weighted by Gasteiger charge is 2.72. The maximum absolute atomic E-state index is 12.9. The van der Waals surface area contributed by atoms with Crippen molar-refractivity contribution in [2.24, 2.45) is 56.7 Å². The zero-order chi connectivity index (χ0) is 27.2. The monoisotopic (exact) mass is 514 g/mol. The normalized spacial score (nSPS) is 50.1. The molecular formula is C32H50O5. The highest BCUT2D eigenvalue weighted by atomic mass is 16.5. The van der Waals surface area contributed by atoms with Crippen LogP contribution >= 0.6 is 0 Å². The molecule has 5 aliphatic rings. The van der Waals surface area contributed by atoms with Crippen LogP contribution in [-0.2, 0) is 14.3 Å². The summed E-state index contributed by atoms with van der Waals surface area (Å²) >= 11 is 0. The van der Waals surface area contributed by atoms with E-state index >= 15 is 0 Å². The Bertz CT molecular complexity index is 986. The van der Waals surface area contributed by atoms with E-state index in [0.717, 1.165) is 63.4 Å². The van der Waals surface area contributed by atoms with Crippen molar-refractivity contribution in [3.05, 3.63) is 12.2 Å². The van der Waals surface area contributed by atoms with E-state index in [4.69, 9.17) is 4.74 Å². The standard InChI is InChI=1S/C32H50O5/c1-19(18-37-20(2)33)21-10-15-32(27(35)36)17-16-30(6)22(26(21)32)8-9-24-29(5)13-12-25(34)28(3,4)23(29)11-14-31(24,30)7/h21-26,34H,1,8-18H2,2-7H3,(H,35,36)/t21-,22+,23-,24+,25-,26+,29-,30+,31+,32-/m0/s1. The van der Waals surface area contributed by atoms with E-state index in [9.17, 15) is 19.8 Å². The number of fused-ring (bicyclic) bond motifs is 7. The lowest BCUT2D eigenvalue weighted by Crippen LogP contribution is -2.67. The average Bonchev–Trinajstić information content (AvgIpc) is 3.22. The molecular weight excluding hydrogens is 464 g/mol. The number of rotatable bonds is 4. The molecule has 0 spiro atoms. The molecule has 0 heterocycles. The summed E-state index contributed by atoms with van der Waals surface area (Å²) in [7, 11) is 0. The Morgan fingerprint density at radius 1 is 0.865 bits per heavy atom. The van der Waals surface area contributed by atoms with Crippen molar-refractivity contribution in [1.82, 2.24) is 0 Å². The van der Waals surface area contributed by atoms with Gasteiger partial charge in [-0.25, -0.2) is 0 Å². The molecule has 0 radical (unpaired) electrons. The summed E-state index contributed by atoms with van der Waals surface area (Å²) in [6.45, 7) is 18.1. The van der Waals surface area contributed by atoms with Gasteiger partial charge >= 0.3 is 11.9 Å². The third kappa shape index (κ3) is 3.50. The molecule has 5 rings (SSSR count). The minimum absolute atomic E-state index is 0.0553. The van der Waals surface area contributed by atoms with Crippen molar-refractivity contribution in [2.45, 2.75) is 112 Å². The predicted molar refractivity (Wildman–Crippen MR) is 144 cm³/mol. The van der Waals surface area contributed by atoms with E-state index in [-0.39, 0.29) is 52.2 Å².